The van der Waals surface area contributed by atoms with E-state index < -0.39 is 0 Å². The van der Waals surface area contributed by atoms with Crippen molar-refractivity contribution in [2.24, 2.45) is 5.41 Å². The summed E-state index contributed by atoms with van der Waals surface area (Å²) in [6, 6.07) is 0. The number of amides is 2. The fourth-order valence-electron chi connectivity index (χ4n) is 3.07. The van der Waals surface area contributed by atoms with E-state index in [4.69, 9.17) is 0 Å². The molecule has 1 aliphatic heterocycles. The molecule has 0 bridgehead atoms. The molecule has 128 valence electrons. The van der Waals surface area contributed by atoms with Crippen LogP contribution < -0.4 is 5.32 Å². The molecule has 24 heavy (non-hydrogen) atoms. The van der Waals surface area contributed by atoms with Crippen molar-refractivity contribution in [1.29, 1.82) is 0 Å². The van der Waals surface area contributed by atoms with Crippen LogP contribution in [-0.2, 0) is 4.79 Å². The van der Waals surface area contributed by atoms with E-state index >= 15 is 0 Å². The largest absolute Gasteiger partial charge is 0.290 e. The Morgan fingerprint density at radius 1 is 1.25 bits per heavy atom. The Morgan fingerprint density at radius 2 is 2.00 bits per heavy atom. The summed E-state index contributed by atoms with van der Waals surface area (Å²) in [6.45, 7) is 8.91. The lowest BCUT2D eigenvalue weighted by molar-refractivity contribution is -0.115. The summed E-state index contributed by atoms with van der Waals surface area (Å²) >= 11 is 0.931. The van der Waals surface area contributed by atoms with Crippen molar-refractivity contribution in [2.75, 3.05) is 0 Å². The molecule has 0 aromatic carbocycles. The number of rotatable bonds is 4. The van der Waals surface area contributed by atoms with Gasteiger partial charge in [0.1, 0.15) is 0 Å². The second-order valence-electron chi connectivity index (χ2n) is 6.93. The molecule has 1 fully saturated rings. The van der Waals surface area contributed by atoms with Crippen LogP contribution in [0, 0.1) is 5.41 Å². The molecule has 3 nitrogen and oxygen atoms in total. The van der Waals surface area contributed by atoms with Gasteiger partial charge in [-0.15, -0.1) is 0 Å². The number of carbonyl (C=O) groups is 2. The number of nitrogens with one attached hydrogen (secondary N) is 1. The molecule has 1 saturated heterocycles. The molecule has 0 spiro atoms. The highest BCUT2D eigenvalue weighted by Crippen LogP contribution is 2.40. The molecule has 0 aromatic rings. The first-order chi connectivity index (χ1) is 11.3. The predicted molar refractivity (Wildman–Crippen MR) is 102 cm³/mol. The Kier molecular flexibility index (Phi) is 6.05. The summed E-state index contributed by atoms with van der Waals surface area (Å²) in [5.74, 6) is -0.322. The molecule has 4 heteroatoms. The van der Waals surface area contributed by atoms with E-state index in [9.17, 15) is 9.59 Å². The first-order valence-electron chi connectivity index (χ1n) is 8.26. The van der Waals surface area contributed by atoms with Gasteiger partial charge in [0.15, 0.2) is 0 Å². The zero-order chi connectivity index (χ0) is 17.7. The summed E-state index contributed by atoms with van der Waals surface area (Å²) in [5, 5.41) is 1.92. The van der Waals surface area contributed by atoms with Crippen molar-refractivity contribution >= 4 is 22.9 Å². The quantitative estimate of drug-likeness (QED) is 0.546. The molecule has 2 amide bonds. The van der Waals surface area contributed by atoms with Crippen LogP contribution in [-0.4, -0.2) is 11.1 Å². The Morgan fingerprint density at radius 3 is 2.62 bits per heavy atom. The molecule has 0 atom stereocenters. The average Bonchev–Trinajstić information content (AvgIpc) is 2.80. The van der Waals surface area contributed by atoms with E-state index in [0.29, 0.717) is 4.91 Å². The van der Waals surface area contributed by atoms with Crippen LogP contribution in [0.25, 0.3) is 0 Å². The van der Waals surface area contributed by atoms with Crippen molar-refractivity contribution in [3.05, 3.63) is 58.1 Å². The van der Waals surface area contributed by atoms with Crippen LogP contribution in [0.4, 0.5) is 4.79 Å². The lowest BCUT2D eigenvalue weighted by Crippen LogP contribution is -2.19. The lowest BCUT2D eigenvalue weighted by Gasteiger charge is -2.32. The van der Waals surface area contributed by atoms with Gasteiger partial charge >= 0.3 is 0 Å². The first kappa shape index (κ1) is 18.5. The van der Waals surface area contributed by atoms with E-state index in [1.807, 2.05) is 12.2 Å². The predicted octanol–water partition coefficient (Wildman–Crippen LogP) is 5.44. The fourth-order valence-corrected chi connectivity index (χ4v) is 3.70. The molecule has 2 rings (SSSR count). The van der Waals surface area contributed by atoms with Gasteiger partial charge in [-0.05, 0) is 61.9 Å². The molecule has 0 radical (unpaired) electrons. The average molecular weight is 343 g/mol. The first-order valence-corrected chi connectivity index (χ1v) is 9.08. The lowest BCUT2D eigenvalue weighted by atomic mass is 9.72. The zero-order valence-electron chi connectivity index (χ0n) is 14.8. The Bertz CT molecular complexity index is 690. The van der Waals surface area contributed by atoms with Gasteiger partial charge in [0, 0.05) is 0 Å². The molecule has 1 aliphatic carbocycles. The van der Waals surface area contributed by atoms with Crippen molar-refractivity contribution in [2.45, 2.75) is 47.0 Å². The van der Waals surface area contributed by atoms with Crippen LogP contribution in [0.2, 0.25) is 0 Å². The van der Waals surface area contributed by atoms with Gasteiger partial charge in [-0.25, -0.2) is 0 Å². The normalized spacial score (nSPS) is 23.8. The number of hydrogen-bond donors (Lipinski definition) is 1. The number of thioether (sulfide) groups is 1. The van der Waals surface area contributed by atoms with Crippen molar-refractivity contribution < 1.29 is 9.59 Å². The fraction of sp³-hybridized carbons (Fsp3) is 0.400. The third kappa shape index (κ3) is 4.84. The van der Waals surface area contributed by atoms with Gasteiger partial charge in [-0.2, -0.15) is 0 Å². The number of carbonyl (C=O) groups excluding carboxylic acids is 2. The van der Waals surface area contributed by atoms with Gasteiger partial charge < -0.3 is 0 Å². The van der Waals surface area contributed by atoms with Gasteiger partial charge in [0.25, 0.3) is 11.1 Å². The van der Waals surface area contributed by atoms with Crippen LogP contribution in [0.5, 0.6) is 0 Å². The van der Waals surface area contributed by atoms with Crippen LogP contribution in [0.1, 0.15) is 47.0 Å². The Labute approximate surface area is 148 Å². The number of hydrogen-bond acceptors (Lipinski definition) is 3. The highest BCUT2D eigenvalue weighted by Gasteiger charge is 2.26. The standard InChI is InChI=1S/C20H25NO2S/c1-14(8-5-6-10-17-18(22)21-19(23)24-17)11-12-16-15(2)9-7-13-20(16,3)4/h5-6,8,10-12H,7,9,13H2,1-4H3,(H,21,22,23)/b6-5+,12-11+,14-8+,17-10-. The minimum atomic E-state index is -0.322. The minimum absolute atomic E-state index is 0.249. The van der Waals surface area contributed by atoms with Gasteiger partial charge in [0.2, 0.25) is 0 Å². The molecule has 1 N–H and O–H groups in total. The molecule has 0 unspecified atom stereocenters. The SMILES string of the molecule is CC1=C(/C=C/C(C)=C/C=C/C=C2\SC(=O)NC2=O)C(C)(C)CCC1. The zero-order valence-corrected chi connectivity index (χ0v) is 15.6. The molecule has 0 aromatic heterocycles. The maximum absolute atomic E-state index is 11.4. The van der Waals surface area contributed by atoms with Crippen LogP contribution in [0.15, 0.2) is 58.1 Å². The third-order valence-electron chi connectivity index (χ3n) is 4.42. The molecular weight excluding hydrogens is 318 g/mol. The van der Waals surface area contributed by atoms with Crippen LogP contribution >= 0.6 is 11.8 Å². The van der Waals surface area contributed by atoms with E-state index in [-0.39, 0.29) is 16.6 Å². The maximum atomic E-state index is 11.4. The van der Waals surface area contributed by atoms with Crippen LogP contribution in [0.3, 0.4) is 0 Å². The Hall–Kier alpha value is -1.81. The second kappa shape index (κ2) is 7.84. The van der Waals surface area contributed by atoms with E-state index in [0.717, 1.165) is 17.3 Å². The van der Waals surface area contributed by atoms with Crippen molar-refractivity contribution in [1.82, 2.24) is 5.32 Å². The summed E-state index contributed by atoms with van der Waals surface area (Å²) in [5.41, 5.74) is 4.33. The van der Waals surface area contributed by atoms with Crippen molar-refractivity contribution in [3.8, 4) is 0 Å². The van der Waals surface area contributed by atoms with E-state index in [2.05, 4.69) is 45.2 Å². The second-order valence-corrected chi connectivity index (χ2v) is 7.95. The topological polar surface area (TPSA) is 46.2 Å². The van der Waals surface area contributed by atoms with Crippen molar-refractivity contribution in [3.63, 3.8) is 0 Å². The molecular formula is C20H25NO2S. The summed E-state index contributed by atoms with van der Waals surface area (Å²) in [6.07, 6.45) is 15.4. The highest BCUT2D eigenvalue weighted by molar-refractivity contribution is 8.18. The highest BCUT2D eigenvalue weighted by atomic mass is 32.2. The number of imide groups is 1. The van der Waals surface area contributed by atoms with Gasteiger partial charge in [-0.1, -0.05) is 55.4 Å². The van der Waals surface area contributed by atoms with E-state index in [1.165, 1.54) is 30.4 Å². The minimum Gasteiger partial charge on any atom is -0.282 e. The molecule has 0 saturated carbocycles. The molecule has 2 aliphatic rings. The third-order valence-corrected chi connectivity index (χ3v) is 5.24. The summed E-state index contributed by atoms with van der Waals surface area (Å²) in [4.78, 5) is 22.9. The monoisotopic (exact) mass is 343 g/mol. The maximum Gasteiger partial charge on any atom is 0.290 e. The van der Waals surface area contributed by atoms with E-state index in [1.54, 1.807) is 12.2 Å². The summed E-state index contributed by atoms with van der Waals surface area (Å²) < 4.78 is 0. The Balaban J connectivity index is 2.01. The summed E-state index contributed by atoms with van der Waals surface area (Å²) in [7, 11) is 0. The van der Waals surface area contributed by atoms with Gasteiger partial charge in [-0.3, -0.25) is 14.9 Å². The number of allylic oxidation sites excluding steroid dienone is 9. The molecule has 1 heterocycles. The smallest absolute Gasteiger partial charge is 0.282 e. The van der Waals surface area contributed by atoms with Gasteiger partial charge in [0.05, 0.1) is 4.91 Å².